The number of unbranched alkanes of at least 4 members (excludes halogenated alkanes) is 5. The summed E-state index contributed by atoms with van der Waals surface area (Å²) in [6.07, 6.45) is 9.43. The van der Waals surface area contributed by atoms with E-state index in [1.54, 1.807) is 24.3 Å². The van der Waals surface area contributed by atoms with Gasteiger partial charge in [-0.1, -0.05) is 83.3 Å². The number of ether oxygens (including phenoxy) is 2. The average Bonchev–Trinajstić information content (AvgIpc) is 3.57. The van der Waals surface area contributed by atoms with E-state index in [2.05, 4.69) is 32.6 Å². The molecular weight excluding hydrogens is 450 g/mol. The van der Waals surface area contributed by atoms with E-state index in [-0.39, 0.29) is 5.41 Å². The van der Waals surface area contributed by atoms with Crippen molar-refractivity contribution >= 4 is 14.0 Å². The summed E-state index contributed by atoms with van der Waals surface area (Å²) in [7, 11) is -1.11. The van der Waals surface area contributed by atoms with Crippen molar-refractivity contribution in [1.29, 1.82) is 5.26 Å². The molecule has 1 saturated carbocycles. The molecule has 2 atom stereocenters. The molecule has 4 nitrogen and oxygen atoms in total. The predicted molar refractivity (Wildman–Crippen MR) is 145 cm³/mol. The molecule has 1 aliphatic carbocycles. The maximum atomic E-state index is 12.6. The molecule has 1 fully saturated rings. The zero-order chi connectivity index (χ0) is 25.3. The lowest BCUT2D eigenvalue weighted by molar-refractivity contribution is 0.0734. The number of hydrogen-bond acceptors (Lipinski definition) is 4. The van der Waals surface area contributed by atoms with Crippen LogP contribution in [-0.4, -0.2) is 20.7 Å². The molecule has 5 heteroatoms. The third-order valence-electron chi connectivity index (χ3n) is 6.98. The minimum atomic E-state index is -1.11. The van der Waals surface area contributed by atoms with Gasteiger partial charge in [-0.3, -0.25) is 0 Å². The van der Waals surface area contributed by atoms with Crippen molar-refractivity contribution in [2.24, 2.45) is 5.92 Å². The quantitative estimate of drug-likeness (QED) is 0.116. The Morgan fingerprint density at radius 1 is 0.971 bits per heavy atom. The number of nitriles is 1. The van der Waals surface area contributed by atoms with E-state index in [9.17, 15) is 10.1 Å². The van der Waals surface area contributed by atoms with Crippen LogP contribution in [0, 0.1) is 17.2 Å². The van der Waals surface area contributed by atoms with E-state index < -0.39 is 14.0 Å². The van der Waals surface area contributed by atoms with Gasteiger partial charge in [0.1, 0.15) is 11.5 Å². The fourth-order valence-electron chi connectivity index (χ4n) is 4.59. The Bertz CT molecular complexity index is 988. The third-order valence-corrected chi connectivity index (χ3v) is 8.77. The lowest BCUT2D eigenvalue weighted by Crippen LogP contribution is -2.20. The van der Waals surface area contributed by atoms with Crippen LogP contribution in [0.4, 0.5) is 0 Å². The van der Waals surface area contributed by atoms with Crippen molar-refractivity contribution in [3.05, 3.63) is 59.7 Å². The van der Waals surface area contributed by atoms with Crippen LogP contribution in [0.1, 0.15) is 74.2 Å². The number of carbonyl (C=O) groups is 1. The van der Waals surface area contributed by atoms with E-state index in [0.29, 0.717) is 23.8 Å². The smallest absolute Gasteiger partial charge is 0.343 e. The van der Waals surface area contributed by atoms with Gasteiger partial charge < -0.3 is 9.47 Å². The standard InChI is InChI=1S/C30H41NO3Si/c1-5-6-7-8-9-10-20-33-27-15-11-24(12-16-27)29(32)34-28-17-13-25(14-18-28)30(23-31)22-26(30)19-21-35(2,3)4/h11-18,26H,5-10,19-22H2,1-4H3/t26-,30-/m0/s1. The molecule has 0 radical (unpaired) electrons. The number of rotatable bonds is 14. The maximum Gasteiger partial charge on any atom is 0.343 e. The van der Waals surface area contributed by atoms with Gasteiger partial charge in [-0.2, -0.15) is 5.26 Å². The van der Waals surface area contributed by atoms with Gasteiger partial charge in [0.2, 0.25) is 0 Å². The van der Waals surface area contributed by atoms with Gasteiger partial charge in [-0.25, -0.2) is 4.79 Å². The summed E-state index contributed by atoms with van der Waals surface area (Å²) in [5.41, 5.74) is 1.16. The summed E-state index contributed by atoms with van der Waals surface area (Å²) in [6.45, 7) is 10.1. The molecule has 0 unspecified atom stereocenters. The molecule has 35 heavy (non-hydrogen) atoms. The first-order chi connectivity index (χ1) is 16.8. The molecule has 0 amide bonds. The topological polar surface area (TPSA) is 59.3 Å². The highest BCUT2D eigenvalue weighted by atomic mass is 28.3. The molecule has 2 aromatic rings. The molecule has 0 bridgehead atoms. The van der Waals surface area contributed by atoms with Crippen molar-refractivity contribution in [1.82, 2.24) is 0 Å². The van der Waals surface area contributed by atoms with Crippen molar-refractivity contribution in [2.45, 2.75) is 89.4 Å². The maximum absolute atomic E-state index is 12.6. The van der Waals surface area contributed by atoms with Crippen LogP contribution in [0.5, 0.6) is 11.5 Å². The van der Waals surface area contributed by atoms with Crippen molar-refractivity contribution in [3.63, 3.8) is 0 Å². The Labute approximate surface area is 212 Å². The summed E-state index contributed by atoms with van der Waals surface area (Å²) in [4.78, 5) is 12.6. The fourth-order valence-corrected chi connectivity index (χ4v) is 5.80. The molecule has 0 aliphatic heterocycles. The van der Waals surface area contributed by atoms with Crippen LogP contribution in [0.3, 0.4) is 0 Å². The highest BCUT2D eigenvalue weighted by Gasteiger charge is 2.55. The summed E-state index contributed by atoms with van der Waals surface area (Å²) in [5, 5.41) is 9.87. The Kier molecular flexibility index (Phi) is 9.57. The number of benzene rings is 2. The highest BCUT2D eigenvalue weighted by Crippen LogP contribution is 2.56. The van der Waals surface area contributed by atoms with E-state index in [1.165, 1.54) is 38.1 Å². The van der Waals surface area contributed by atoms with Crippen molar-refractivity contribution in [2.75, 3.05) is 6.61 Å². The third kappa shape index (κ3) is 7.97. The monoisotopic (exact) mass is 491 g/mol. The summed E-state index contributed by atoms with van der Waals surface area (Å²) >= 11 is 0. The number of carbonyl (C=O) groups excluding carboxylic acids is 1. The minimum absolute atomic E-state index is 0.368. The summed E-state index contributed by atoms with van der Waals surface area (Å²) in [6, 6.07) is 18.4. The molecule has 0 aromatic heterocycles. The largest absolute Gasteiger partial charge is 0.494 e. The molecule has 0 N–H and O–H groups in total. The van der Waals surface area contributed by atoms with Gasteiger partial charge in [-0.05, 0) is 60.7 Å². The number of nitrogens with zero attached hydrogens (tertiary/aromatic N) is 1. The van der Waals surface area contributed by atoms with Gasteiger partial charge in [0.25, 0.3) is 0 Å². The van der Waals surface area contributed by atoms with Crippen LogP contribution in [0.25, 0.3) is 0 Å². The zero-order valence-corrected chi connectivity index (χ0v) is 22.9. The molecule has 0 spiro atoms. The first kappa shape index (κ1) is 27.0. The van der Waals surface area contributed by atoms with E-state index in [1.807, 2.05) is 24.3 Å². The second-order valence-electron chi connectivity index (χ2n) is 11.1. The van der Waals surface area contributed by atoms with E-state index in [4.69, 9.17) is 9.47 Å². The summed E-state index contributed by atoms with van der Waals surface area (Å²) in [5.74, 6) is 1.31. The molecule has 1 aliphatic rings. The minimum Gasteiger partial charge on any atom is -0.494 e. The van der Waals surface area contributed by atoms with Gasteiger partial charge in [0, 0.05) is 8.07 Å². The molecule has 3 rings (SSSR count). The van der Waals surface area contributed by atoms with Crippen molar-refractivity contribution in [3.8, 4) is 17.6 Å². The number of hydrogen-bond donors (Lipinski definition) is 0. The van der Waals surface area contributed by atoms with Gasteiger partial charge in [-0.15, -0.1) is 0 Å². The van der Waals surface area contributed by atoms with Gasteiger partial charge >= 0.3 is 5.97 Å². The molecule has 0 heterocycles. The molecule has 188 valence electrons. The summed E-state index contributed by atoms with van der Waals surface area (Å²) < 4.78 is 11.4. The Morgan fingerprint density at radius 2 is 1.60 bits per heavy atom. The Balaban J connectivity index is 1.47. The van der Waals surface area contributed by atoms with Crippen LogP contribution >= 0.6 is 0 Å². The second-order valence-corrected chi connectivity index (χ2v) is 16.8. The molecular formula is C30H41NO3Si. The lowest BCUT2D eigenvalue weighted by atomic mass is 9.94. The number of esters is 1. The van der Waals surface area contributed by atoms with E-state index in [0.717, 1.165) is 30.6 Å². The predicted octanol–water partition coefficient (Wildman–Crippen LogP) is 8.15. The fraction of sp³-hybridized carbons (Fsp3) is 0.533. The first-order valence-corrected chi connectivity index (χ1v) is 16.9. The Hall–Kier alpha value is -2.58. The zero-order valence-electron chi connectivity index (χ0n) is 21.9. The SMILES string of the molecule is CCCCCCCCOc1ccc(C(=O)Oc2ccc([C@@]3(C#N)C[C@@H]3CC[Si](C)(C)C)cc2)cc1. The van der Waals surface area contributed by atoms with E-state index >= 15 is 0 Å². The van der Waals surface area contributed by atoms with Gasteiger partial charge in [0.15, 0.2) is 0 Å². The van der Waals surface area contributed by atoms with Crippen molar-refractivity contribution < 1.29 is 14.3 Å². The highest BCUT2D eigenvalue weighted by molar-refractivity contribution is 6.76. The van der Waals surface area contributed by atoms with Crippen LogP contribution in [0.15, 0.2) is 48.5 Å². The molecule has 0 saturated heterocycles. The van der Waals surface area contributed by atoms with Crippen LogP contribution < -0.4 is 9.47 Å². The van der Waals surface area contributed by atoms with Gasteiger partial charge in [0.05, 0.1) is 23.7 Å². The lowest BCUT2D eigenvalue weighted by Gasteiger charge is -2.16. The normalized spacial score (nSPS) is 19.1. The second kappa shape index (κ2) is 12.4. The van der Waals surface area contributed by atoms with Crippen LogP contribution in [0.2, 0.25) is 25.7 Å². The average molecular weight is 492 g/mol. The first-order valence-electron chi connectivity index (χ1n) is 13.2. The molecule has 2 aromatic carbocycles. The van der Waals surface area contributed by atoms with Crippen LogP contribution in [-0.2, 0) is 5.41 Å². The Morgan fingerprint density at radius 3 is 2.23 bits per heavy atom.